The number of rotatable bonds is 2. The van der Waals surface area contributed by atoms with Gasteiger partial charge in [0.2, 0.25) is 0 Å². The summed E-state index contributed by atoms with van der Waals surface area (Å²) in [6.07, 6.45) is 4.00. The third kappa shape index (κ3) is 3.33. The third-order valence-electron chi connectivity index (χ3n) is 9.27. The fourth-order valence-corrected chi connectivity index (χ4v) is 7.44. The number of ether oxygens (including phenoxy) is 1. The average molecular weight is 541 g/mol. The molecule has 0 atom stereocenters. The highest BCUT2D eigenvalue weighted by molar-refractivity contribution is 6.01. The van der Waals surface area contributed by atoms with Crippen LogP contribution in [0.1, 0.15) is 65.3 Å². The predicted molar refractivity (Wildman–Crippen MR) is 162 cm³/mol. The summed E-state index contributed by atoms with van der Waals surface area (Å²) in [5.74, 6) is 1.72. The smallest absolute Gasteiger partial charge is 0.159 e. The van der Waals surface area contributed by atoms with Crippen molar-refractivity contribution in [1.82, 2.24) is 0 Å². The molecule has 1 saturated carbocycles. The van der Waals surface area contributed by atoms with Crippen molar-refractivity contribution >= 4 is 27.8 Å². The molecule has 0 saturated heterocycles. The van der Waals surface area contributed by atoms with Crippen LogP contribution in [0.15, 0.2) is 84.9 Å². The fourth-order valence-electron chi connectivity index (χ4n) is 7.44. The Labute approximate surface area is 244 Å². The van der Waals surface area contributed by atoms with E-state index in [1.54, 1.807) is 0 Å². The Balaban J connectivity index is 1.50. The van der Waals surface area contributed by atoms with Crippen LogP contribution in [0.2, 0.25) is 0 Å². The van der Waals surface area contributed by atoms with E-state index in [0.717, 1.165) is 70.1 Å². The van der Waals surface area contributed by atoms with E-state index in [0.29, 0.717) is 28.3 Å². The quantitative estimate of drug-likeness (QED) is 0.218. The number of hydrogen-bond donors (Lipinski definition) is 0. The molecule has 3 aliphatic carbocycles. The Morgan fingerprint density at radius 2 is 1.29 bits per heavy atom. The number of fused-ring (bicyclic) bond motifs is 6. The maximum Gasteiger partial charge on any atom is 0.159 e. The van der Waals surface area contributed by atoms with Gasteiger partial charge >= 0.3 is 0 Å². The SMILES string of the molecule is N#Cc1c(C#N)c(N2c3cc(-c4ccccc4)ccc3Oc3c2ccc2ccccc32)c(C#N)c2c1C1CCC2CC1. The van der Waals surface area contributed by atoms with Gasteiger partial charge in [0, 0.05) is 5.39 Å². The van der Waals surface area contributed by atoms with Crippen molar-refractivity contribution in [2.45, 2.75) is 37.5 Å². The molecule has 42 heavy (non-hydrogen) atoms. The Hall–Kier alpha value is -5.57. The molecule has 0 aromatic heterocycles. The van der Waals surface area contributed by atoms with Crippen LogP contribution in [-0.2, 0) is 0 Å². The maximum absolute atomic E-state index is 10.8. The summed E-state index contributed by atoms with van der Waals surface area (Å²) in [7, 11) is 0. The Kier molecular flexibility index (Phi) is 5.33. The molecule has 2 bridgehead atoms. The normalized spacial score (nSPS) is 17.7. The molecule has 1 heterocycles. The van der Waals surface area contributed by atoms with Crippen LogP contribution in [0.5, 0.6) is 11.5 Å². The molecule has 5 heteroatoms. The summed E-state index contributed by atoms with van der Waals surface area (Å²) in [6, 6.07) is 35.6. The molecule has 4 aliphatic rings. The fraction of sp³-hybridized carbons (Fsp3) is 0.162. The van der Waals surface area contributed by atoms with Crippen molar-refractivity contribution in [3.8, 4) is 40.8 Å². The van der Waals surface area contributed by atoms with Gasteiger partial charge in [-0.25, -0.2) is 0 Å². The summed E-state index contributed by atoms with van der Waals surface area (Å²) in [5.41, 5.74) is 7.08. The summed E-state index contributed by atoms with van der Waals surface area (Å²) < 4.78 is 6.63. The average Bonchev–Trinajstić information content (AvgIpc) is 3.06. The predicted octanol–water partition coefficient (Wildman–Crippen LogP) is 9.45. The summed E-state index contributed by atoms with van der Waals surface area (Å²) in [4.78, 5) is 2.01. The molecular weight excluding hydrogens is 516 g/mol. The van der Waals surface area contributed by atoms with Gasteiger partial charge in [-0.2, -0.15) is 15.8 Å². The second-order valence-corrected chi connectivity index (χ2v) is 11.3. The first-order chi connectivity index (χ1) is 20.7. The van der Waals surface area contributed by atoms with Crippen molar-refractivity contribution in [1.29, 1.82) is 15.8 Å². The van der Waals surface area contributed by atoms with E-state index in [-0.39, 0.29) is 17.4 Å². The molecule has 0 spiro atoms. The molecule has 0 unspecified atom stereocenters. The Morgan fingerprint density at radius 3 is 2.00 bits per heavy atom. The number of nitrogens with zero attached hydrogens (tertiary/aromatic N) is 4. The molecule has 1 aliphatic heterocycles. The molecule has 1 fully saturated rings. The highest BCUT2D eigenvalue weighted by atomic mass is 16.5. The molecule has 5 aromatic rings. The molecule has 0 N–H and O–H groups in total. The van der Waals surface area contributed by atoms with E-state index in [1.165, 1.54) is 0 Å². The lowest BCUT2D eigenvalue weighted by Crippen LogP contribution is -2.27. The maximum atomic E-state index is 10.8. The highest BCUT2D eigenvalue weighted by Crippen LogP contribution is 2.59. The third-order valence-corrected chi connectivity index (χ3v) is 9.27. The van der Waals surface area contributed by atoms with Crippen LogP contribution in [-0.4, -0.2) is 0 Å². The van der Waals surface area contributed by atoms with Gasteiger partial charge in [-0.1, -0.05) is 66.7 Å². The second kappa shape index (κ2) is 9.24. The molecular formula is C37H24N4O. The van der Waals surface area contributed by atoms with Gasteiger partial charge in [0.05, 0.1) is 33.8 Å². The minimum absolute atomic E-state index is 0.213. The van der Waals surface area contributed by atoms with Crippen LogP contribution in [0.4, 0.5) is 17.1 Å². The standard InChI is InChI=1S/C37H24N4O/c38-19-28-29(20-39)36(30(21-40)35-25-12-10-24(11-13-25)34(28)35)41-31-16-14-23-8-4-5-9-27(23)37(31)42-33-17-15-26(18-32(33)41)22-6-2-1-3-7-22/h1-9,14-18,24-25H,10-13H2. The highest BCUT2D eigenvalue weighted by Gasteiger charge is 2.42. The first-order valence-corrected chi connectivity index (χ1v) is 14.3. The van der Waals surface area contributed by atoms with Gasteiger partial charge in [-0.3, -0.25) is 0 Å². The molecule has 5 aromatic carbocycles. The van der Waals surface area contributed by atoms with E-state index >= 15 is 0 Å². The molecule has 9 rings (SSSR count). The largest absolute Gasteiger partial charge is 0.452 e. The molecule has 198 valence electrons. The topological polar surface area (TPSA) is 83.8 Å². The molecule has 0 radical (unpaired) electrons. The Bertz CT molecular complexity index is 2070. The lowest BCUT2D eigenvalue weighted by Gasteiger charge is -2.42. The van der Waals surface area contributed by atoms with Crippen molar-refractivity contribution in [3.63, 3.8) is 0 Å². The zero-order chi connectivity index (χ0) is 28.4. The van der Waals surface area contributed by atoms with Crippen molar-refractivity contribution < 1.29 is 4.74 Å². The summed E-state index contributed by atoms with van der Waals surface area (Å²) >= 11 is 0. The lowest BCUT2D eigenvalue weighted by molar-refractivity contribution is 0.357. The van der Waals surface area contributed by atoms with E-state index in [4.69, 9.17) is 4.74 Å². The molecule has 0 amide bonds. The first-order valence-electron chi connectivity index (χ1n) is 14.3. The minimum Gasteiger partial charge on any atom is -0.452 e. The number of hydrogen-bond acceptors (Lipinski definition) is 5. The Morgan fingerprint density at radius 1 is 0.619 bits per heavy atom. The molecule has 5 nitrogen and oxygen atoms in total. The van der Waals surface area contributed by atoms with Crippen LogP contribution < -0.4 is 9.64 Å². The van der Waals surface area contributed by atoms with Crippen molar-refractivity contribution in [2.75, 3.05) is 4.90 Å². The van der Waals surface area contributed by atoms with Gasteiger partial charge in [0.1, 0.15) is 18.2 Å². The van der Waals surface area contributed by atoms with E-state index < -0.39 is 0 Å². The number of anilines is 3. The van der Waals surface area contributed by atoms with Gasteiger partial charge in [0.15, 0.2) is 11.5 Å². The van der Waals surface area contributed by atoms with Crippen LogP contribution in [0.25, 0.3) is 21.9 Å². The zero-order valence-corrected chi connectivity index (χ0v) is 22.8. The zero-order valence-electron chi connectivity index (χ0n) is 22.8. The monoisotopic (exact) mass is 540 g/mol. The van der Waals surface area contributed by atoms with Crippen molar-refractivity contribution in [2.24, 2.45) is 0 Å². The van der Waals surface area contributed by atoms with Gasteiger partial charge < -0.3 is 9.64 Å². The summed E-state index contributed by atoms with van der Waals surface area (Å²) in [6.45, 7) is 0. The van der Waals surface area contributed by atoms with Gasteiger partial charge in [-0.05, 0) is 83.4 Å². The summed E-state index contributed by atoms with van der Waals surface area (Å²) in [5, 5.41) is 34.0. The van der Waals surface area contributed by atoms with Crippen LogP contribution in [0, 0.1) is 34.0 Å². The van der Waals surface area contributed by atoms with Crippen LogP contribution in [0.3, 0.4) is 0 Å². The first kappa shape index (κ1) is 24.2. The second-order valence-electron chi connectivity index (χ2n) is 11.3. The van der Waals surface area contributed by atoms with E-state index in [2.05, 4.69) is 36.4 Å². The number of benzene rings is 5. The lowest BCUT2D eigenvalue weighted by atomic mass is 9.63. The minimum atomic E-state index is 0.213. The van der Waals surface area contributed by atoms with E-state index in [1.807, 2.05) is 71.6 Å². The van der Waals surface area contributed by atoms with Crippen LogP contribution >= 0.6 is 0 Å². The number of nitriles is 3. The van der Waals surface area contributed by atoms with E-state index in [9.17, 15) is 15.8 Å². The van der Waals surface area contributed by atoms with Gasteiger partial charge in [-0.15, -0.1) is 0 Å². The van der Waals surface area contributed by atoms with Gasteiger partial charge in [0.25, 0.3) is 0 Å². The van der Waals surface area contributed by atoms with Crippen molar-refractivity contribution in [3.05, 3.63) is 113 Å².